The van der Waals surface area contributed by atoms with Gasteiger partial charge in [0.25, 0.3) is 11.5 Å². The number of benzene rings is 2. The summed E-state index contributed by atoms with van der Waals surface area (Å²) in [5.41, 5.74) is 1.49. The third kappa shape index (κ3) is 5.02. The Morgan fingerprint density at radius 1 is 1.06 bits per heavy atom. The zero-order chi connectivity index (χ0) is 25.8. The molecule has 0 bridgehead atoms. The lowest BCUT2D eigenvalue weighted by atomic mass is 10.1. The summed E-state index contributed by atoms with van der Waals surface area (Å²) in [6.45, 7) is 4.82. The first kappa shape index (κ1) is 24.4. The lowest BCUT2D eigenvalue weighted by Gasteiger charge is -2.12. The molecular formula is C26H24N4O6. The van der Waals surface area contributed by atoms with Crippen LogP contribution in [0.3, 0.4) is 0 Å². The van der Waals surface area contributed by atoms with E-state index < -0.39 is 29.9 Å². The minimum Gasteiger partial charge on any atom is -0.462 e. The summed E-state index contributed by atoms with van der Waals surface area (Å²) in [6.07, 6.45) is 1.17. The molecule has 2 N–H and O–H groups in total. The van der Waals surface area contributed by atoms with Crippen LogP contribution in [0.4, 0.5) is 11.4 Å². The summed E-state index contributed by atoms with van der Waals surface area (Å²) in [7, 11) is 0. The summed E-state index contributed by atoms with van der Waals surface area (Å²) in [5, 5.41) is 5.43. The van der Waals surface area contributed by atoms with Crippen molar-refractivity contribution in [1.29, 1.82) is 0 Å². The van der Waals surface area contributed by atoms with E-state index >= 15 is 0 Å². The Labute approximate surface area is 205 Å². The second kappa shape index (κ2) is 10.3. The van der Waals surface area contributed by atoms with E-state index in [0.29, 0.717) is 5.69 Å². The van der Waals surface area contributed by atoms with Gasteiger partial charge in [-0.05, 0) is 50.6 Å². The van der Waals surface area contributed by atoms with Gasteiger partial charge < -0.3 is 19.8 Å². The number of hydrogen-bond acceptors (Lipinski definition) is 7. The van der Waals surface area contributed by atoms with Gasteiger partial charge in [-0.25, -0.2) is 9.78 Å². The number of aryl methyl sites for hydroxylation is 2. The number of esters is 1. The molecule has 0 radical (unpaired) electrons. The Hall–Kier alpha value is -4.73. The molecule has 0 saturated heterocycles. The van der Waals surface area contributed by atoms with Gasteiger partial charge in [0.2, 0.25) is 11.6 Å². The molecule has 2 amide bonds. The summed E-state index contributed by atoms with van der Waals surface area (Å²) in [6, 6.07) is 13.9. The van der Waals surface area contributed by atoms with Crippen LogP contribution in [-0.4, -0.2) is 33.9 Å². The number of furan rings is 1. The molecule has 0 saturated carbocycles. The molecular weight excluding hydrogens is 464 g/mol. The largest absolute Gasteiger partial charge is 0.462 e. The number of hydrogen-bond donors (Lipinski definition) is 2. The van der Waals surface area contributed by atoms with Crippen molar-refractivity contribution in [2.24, 2.45) is 0 Å². The van der Waals surface area contributed by atoms with E-state index in [0.717, 1.165) is 10.1 Å². The third-order valence-corrected chi connectivity index (χ3v) is 5.37. The van der Waals surface area contributed by atoms with Gasteiger partial charge in [0.1, 0.15) is 29.6 Å². The van der Waals surface area contributed by atoms with Crippen molar-refractivity contribution in [2.45, 2.75) is 27.3 Å². The first-order valence-corrected chi connectivity index (χ1v) is 11.2. The summed E-state index contributed by atoms with van der Waals surface area (Å²) in [5.74, 6) is -1.47. The molecule has 2 aromatic heterocycles. The van der Waals surface area contributed by atoms with Crippen LogP contribution in [0.5, 0.6) is 0 Å². The highest BCUT2D eigenvalue weighted by Crippen LogP contribution is 2.22. The van der Waals surface area contributed by atoms with E-state index in [-0.39, 0.29) is 40.3 Å². The predicted molar refractivity (Wildman–Crippen MR) is 133 cm³/mol. The number of carbonyl (C=O) groups is 3. The van der Waals surface area contributed by atoms with Gasteiger partial charge in [0, 0.05) is 5.69 Å². The molecule has 36 heavy (non-hydrogen) atoms. The minimum atomic E-state index is -0.705. The highest BCUT2D eigenvalue weighted by molar-refractivity contribution is 6.10. The van der Waals surface area contributed by atoms with Crippen molar-refractivity contribution in [1.82, 2.24) is 9.55 Å². The Morgan fingerprint density at radius 2 is 1.83 bits per heavy atom. The highest BCUT2D eigenvalue weighted by Gasteiger charge is 2.24. The van der Waals surface area contributed by atoms with Crippen molar-refractivity contribution >= 4 is 40.3 Å². The van der Waals surface area contributed by atoms with Crippen LogP contribution in [0.25, 0.3) is 11.1 Å². The first-order chi connectivity index (χ1) is 17.3. The number of para-hydroxylation sites is 1. The smallest absolute Gasteiger partial charge is 0.342 e. The summed E-state index contributed by atoms with van der Waals surface area (Å²) in [4.78, 5) is 55.2. The SMILES string of the molecule is CCOC(=O)c1c(C)oc2ncn(CC(=O)Nc3ccccc3C(=O)Nc3cccc(C)c3)c(=O)c12. The Morgan fingerprint density at radius 3 is 2.58 bits per heavy atom. The van der Waals surface area contributed by atoms with Crippen LogP contribution in [0.1, 0.15) is 39.0 Å². The molecule has 0 aliphatic heterocycles. The fourth-order valence-electron chi connectivity index (χ4n) is 3.76. The maximum atomic E-state index is 13.1. The van der Waals surface area contributed by atoms with Gasteiger partial charge >= 0.3 is 5.97 Å². The summed E-state index contributed by atoms with van der Waals surface area (Å²) < 4.78 is 11.5. The standard InChI is InChI=1S/C26H24N4O6/c1-4-35-26(34)21-16(3)36-24-22(21)25(33)30(14-27-24)13-20(31)29-19-11-6-5-10-18(19)23(32)28-17-9-7-8-15(2)12-17/h5-12,14H,4,13H2,1-3H3,(H,28,32)(H,29,31). The molecule has 2 heterocycles. The topological polar surface area (TPSA) is 133 Å². The number of nitrogens with one attached hydrogen (secondary N) is 2. The molecule has 2 aromatic carbocycles. The van der Waals surface area contributed by atoms with Crippen LogP contribution in [-0.2, 0) is 16.1 Å². The highest BCUT2D eigenvalue weighted by atomic mass is 16.5. The fourth-order valence-corrected chi connectivity index (χ4v) is 3.76. The molecule has 4 aromatic rings. The van der Waals surface area contributed by atoms with Crippen molar-refractivity contribution < 1.29 is 23.5 Å². The normalized spacial score (nSPS) is 10.8. The van der Waals surface area contributed by atoms with Crippen LogP contribution in [0.2, 0.25) is 0 Å². The molecule has 10 nitrogen and oxygen atoms in total. The maximum absolute atomic E-state index is 13.1. The number of amides is 2. The van der Waals surface area contributed by atoms with E-state index in [1.807, 2.05) is 25.1 Å². The average molecular weight is 489 g/mol. The average Bonchev–Trinajstić information content (AvgIpc) is 3.18. The molecule has 10 heteroatoms. The quantitative estimate of drug-likeness (QED) is 0.379. The molecule has 0 atom stereocenters. The number of carbonyl (C=O) groups excluding carboxylic acids is 3. The van der Waals surface area contributed by atoms with Crippen molar-refractivity contribution in [3.05, 3.63) is 87.7 Å². The molecule has 0 unspecified atom stereocenters. The van der Waals surface area contributed by atoms with E-state index in [4.69, 9.17) is 9.15 Å². The van der Waals surface area contributed by atoms with Crippen LogP contribution < -0.4 is 16.2 Å². The van der Waals surface area contributed by atoms with Crippen molar-refractivity contribution in [3.63, 3.8) is 0 Å². The van der Waals surface area contributed by atoms with Gasteiger partial charge in [-0.3, -0.25) is 19.0 Å². The van der Waals surface area contributed by atoms with Gasteiger partial charge in [-0.15, -0.1) is 0 Å². The molecule has 0 aliphatic carbocycles. The number of fused-ring (bicyclic) bond motifs is 1. The lowest BCUT2D eigenvalue weighted by Crippen LogP contribution is -2.29. The monoisotopic (exact) mass is 488 g/mol. The molecule has 4 rings (SSSR count). The fraction of sp³-hybridized carbons (Fsp3) is 0.192. The van der Waals surface area contributed by atoms with Gasteiger partial charge in [-0.2, -0.15) is 0 Å². The summed E-state index contributed by atoms with van der Waals surface area (Å²) >= 11 is 0. The minimum absolute atomic E-state index is 0.0164. The van der Waals surface area contributed by atoms with E-state index in [1.54, 1.807) is 37.3 Å². The maximum Gasteiger partial charge on any atom is 0.342 e. The molecule has 184 valence electrons. The number of rotatable bonds is 7. The Bertz CT molecular complexity index is 1540. The first-order valence-electron chi connectivity index (χ1n) is 11.2. The molecule has 0 fully saturated rings. The zero-order valence-corrected chi connectivity index (χ0v) is 20.0. The Kier molecular flexibility index (Phi) is 6.95. The predicted octanol–water partition coefficient (Wildman–Crippen LogP) is 3.67. The number of ether oxygens (including phenoxy) is 1. The second-order valence-electron chi connectivity index (χ2n) is 8.03. The van der Waals surface area contributed by atoms with Gasteiger partial charge in [0.05, 0.1) is 17.9 Å². The zero-order valence-electron chi connectivity index (χ0n) is 20.0. The van der Waals surface area contributed by atoms with Crippen LogP contribution in [0, 0.1) is 13.8 Å². The van der Waals surface area contributed by atoms with Crippen molar-refractivity contribution in [3.8, 4) is 0 Å². The molecule has 0 spiro atoms. The number of nitrogens with zero attached hydrogens (tertiary/aromatic N) is 2. The van der Waals surface area contributed by atoms with Crippen LogP contribution in [0.15, 0.2) is 64.1 Å². The van der Waals surface area contributed by atoms with E-state index in [9.17, 15) is 19.2 Å². The van der Waals surface area contributed by atoms with E-state index in [1.165, 1.54) is 13.3 Å². The third-order valence-electron chi connectivity index (χ3n) is 5.37. The lowest BCUT2D eigenvalue weighted by molar-refractivity contribution is -0.116. The number of anilines is 2. The number of aromatic nitrogens is 2. The van der Waals surface area contributed by atoms with Crippen LogP contribution >= 0.6 is 0 Å². The molecule has 0 aliphatic rings. The van der Waals surface area contributed by atoms with E-state index in [2.05, 4.69) is 15.6 Å². The van der Waals surface area contributed by atoms with Gasteiger partial charge in [0.15, 0.2) is 0 Å². The van der Waals surface area contributed by atoms with Crippen molar-refractivity contribution in [2.75, 3.05) is 17.2 Å². The Balaban J connectivity index is 1.56. The second-order valence-corrected chi connectivity index (χ2v) is 8.03. The van der Waals surface area contributed by atoms with Gasteiger partial charge in [-0.1, -0.05) is 24.3 Å².